The minimum absolute atomic E-state index is 0.875. The van der Waals surface area contributed by atoms with Crippen molar-refractivity contribution in [2.45, 2.75) is 12.8 Å². The molecule has 0 radical (unpaired) electrons. The topological polar surface area (TPSA) is 56.7 Å². The first-order chi connectivity index (χ1) is 7.83. The summed E-state index contributed by atoms with van der Waals surface area (Å²) in [4.78, 5) is 1.67. The Kier molecular flexibility index (Phi) is 1.99. The minimum Gasteiger partial charge on any atom is -0.402 e. The van der Waals surface area contributed by atoms with Crippen molar-refractivity contribution in [2.24, 2.45) is 5.73 Å². The zero-order chi connectivity index (χ0) is 11.0. The molecule has 2 N–H and O–H groups in total. The first-order valence-electron chi connectivity index (χ1n) is 5.30. The van der Waals surface area contributed by atoms with Crippen molar-refractivity contribution in [3.63, 3.8) is 0 Å². The lowest BCUT2D eigenvalue weighted by molar-refractivity contribution is 0.735. The van der Waals surface area contributed by atoms with Crippen LogP contribution in [0.1, 0.15) is 17.8 Å². The van der Waals surface area contributed by atoms with E-state index in [1.165, 1.54) is 0 Å². The van der Waals surface area contributed by atoms with Crippen LogP contribution in [0.3, 0.4) is 0 Å². The Bertz CT molecular complexity index is 539. The molecule has 0 aliphatic heterocycles. The van der Waals surface area contributed by atoms with Crippen LogP contribution in [0.2, 0.25) is 0 Å². The molecule has 0 unspecified atom stereocenters. The Labute approximate surface area is 93.4 Å². The normalized spacial score (nSPS) is 14.4. The molecule has 3 rings (SSSR count). The number of rotatable bonds is 1. The molecule has 0 spiro atoms. The highest BCUT2D eigenvalue weighted by molar-refractivity contribution is 5.53. The highest BCUT2D eigenvalue weighted by Crippen LogP contribution is 2.18. The van der Waals surface area contributed by atoms with Crippen molar-refractivity contribution in [1.29, 1.82) is 0 Å². The number of hydrogen-bond acceptors (Lipinski definition) is 3. The van der Waals surface area contributed by atoms with Crippen molar-refractivity contribution in [1.82, 2.24) is 15.0 Å². The molecular formula is C12H12N4. The molecule has 1 aromatic heterocycles. The van der Waals surface area contributed by atoms with Crippen LogP contribution in [-0.2, 0) is 6.42 Å². The summed E-state index contributed by atoms with van der Waals surface area (Å²) in [5.74, 6) is 0. The lowest BCUT2D eigenvalue weighted by Crippen LogP contribution is -2.05. The van der Waals surface area contributed by atoms with Crippen LogP contribution >= 0.6 is 0 Å². The molecule has 4 heteroatoms. The number of fused-ring (bicyclic) bond motifs is 1. The minimum atomic E-state index is 0.875. The van der Waals surface area contributed by atoms with E-state index in [0.717, 1.165) is 35.6 Å². The molecule has 1 aromatic carbocycles. The van der Waals surface area contributed by atoms with E-state index in [0.29, 0.717) is 0 Å². The van der Waals surface area contributed by atoms with E-state index in [2.05, 4.69) is 10.2 Å². The molecule has 0 amide bonds. The van der Waals surface area contributed by atoms with Crippen LogP contribution < -0.4 is 5.73 Å². The molecule has 1 aliphatic carbocycles. The van der Waals surface area contributed by atoms with Gasteiger partial charge in [0.1, 0.15) is 5.69 Å². The summed E-state index contributed by atoms with van der Waals surface area (Å²) in [5.41, 5.74) is 9.56. The molecule has 80 valence electrons. The maximum absolute atomic E-state index is 5.78. The van der Waals surface area contributed by atoms with Crippen LogP contribution in [-0.4, -0.2) is 15.0 Å². The van der Waals surface area contributed by atoms with Gasteiger partial charge in [0.25, 0.3) is 0 Å². The van der Waals surface area contributed by atoms with Gasteiger partial charge in [-0.3, -0.25) is 0 Å². The fourth-order valence-corrected chi connectivity index (χ4v) is 1.83. The Morgan fingerprint density at radius 1 is 1.06 bits per heavy atom. The maximum Gasteiger partial charge on any atom is 0.111 e. The standard InChI is InChI=1S/C12H12N4/c13-9-6-7-11-12(8-9)15-16(14-11)10-4-2-1-3-5-10/h1-5,8H,6-7,13H2. The quantitative estimate of drug-likeness (QED) is 0.779. The van der Waals surface area contributed by atoms with Crippen molar-refractivity contribution in [3.8, 4) is 5.69 Å². The average molecular weight is 212 g/mol. The number of nitrogens with two attached hydrogens (primary N) is 1. The van der Waals surface area contributed by atoms with E-state index >= 15 is 0 Å². The Morgan fingerprint density at radius 3 is 2.69 bits per heavy atom. The van der Waals surface area contributed by atoms with Crippen molar-refractivity contribution in [3.05, 3.63) is 47.4 Å². The lowest BCUT2D eigenvalue weighted by Gasteiger charge is -2.04. The number of aromatic nitrogens is 3. The molecular weight excluding hydrogens is 200 g/mol. The zero-order valence-electron chi connectivity index (χ0n) is 8.80. The van der Waals surface area contributed by atoms with Gasteiger partial charge in [-0.1, -0.05) is 18.2 Å². The van der Waals surface area contributed by atoms with Crippen LogP contribution in [0.5, 0.6) is 0 Å². The van der Waals surface area contributed by atoms with Gasteiger partial charge in [-0.25, -0.2) is 0 Å². The third kappa shape index (κ3) is 1.48. The predicted octanol–water partition coefficient (Wildman–Crippen LogP) is 1.51. The lowest BCUT2D eigenvalue weighted by atomic mass is 10.1. The average Bonchev–Trinajstić information content (AvgIpc) is 2.73. The van der Waals surface area contributed by atoms with Gasteiger partial charge >= 0.3 is 0 Å². The second-order valence-electron chi connectivity index (χ2n) is 3.88. The summed E-state index contributed by atoms with van der Waals surface area (Å²) >= 11 is 0. The fraction of sp³-hybridized carbons (Fsp3) is 0.167. The summed E-state index contributed by atoms with van der Waals surface area (Å²) in [7, 11) is 0. The van der Waals surface area contributed by atoms with Crippen molar-refractivity contribution < 1.29 is 0 Å². The van der Waals surface area contributed by atoms with Gasteiger partial charge in [0, 0.05) is 5.70 Å². The third-order valence-electron chi connectivity index (χ3n) is 2.67. The zero-order valence-corrected chi connectivity index (χ0v) is 8.80. The third-order valence-corrected chi connectivity index (χ3v) is 2.67. The molecule has 1 aliphatic rings. The molecule has 0 bridgehead atoms. The number of hydrogen-bond donors (Lipinski definition) is 1. The molecule has 0 saturated carbocycles. The van der Waals surface area contributed by atoms with Gasteiger partial charge in [-0.05, 0) is 31.1 Å². The summed E-state index contributed by atoms with van der Waals surface area (Å²) in [5, 5.41) is 8.88. The molecule has 4 nitrogen and oxygen atoms in total. The number of allylic oxidation sites excluding steroid dienone is 1. The highest BCUT2D eigenvalue weighted by Gasteiger charge is 2.14. The number of benzene rings is 1. The Morgan fingerprint density at radius 2 is 1.88 bits per heavy atom. The monoisotopic (exact) mass is 212 g/mol. The van der Waals surface area contributed by atoms with Gasteiger partial charge in [0.15, 0.2) is 0 Å². The highest BCUT2D eigenvalue weighted by atomic mass is 15.5. The predicted molar refractivity (Wildman–Crippen MR) is 61.8 cm³/mol. The first-order valence-corrected chi connectivity index (χ1v) is 5.30. The Balaban J connectivity index is 2.06. The molecule has 0 fully saturated rings. The summed E-state index contributed by atoms with van der Waals surface area (Å²) in [6, 6.07) is 9.89. The van der Waals surface area contributed by atoms with E-state index in [1.54, 1.807) is 4.80 Å². The van der Waals surface area contributed by atoms with Gasteiger partial charge < -0.3 is 5.73 Å². The molecule has 1 heterocycles. The summed E-state index contributed by atoms with van der Waals surface area (Å²) in [6.07, 6.45) is 3.66. The van der Waals surface area contributed by atoms with Gasteiger partial charge in [0.2, 0.25) is 0 Å². The summed E-state index contributed by atoms with van der Waals surface area (Å²) < 4.78 is 0. The van der Waals surface area contributed by atoms with E-state index in [9.17, 15) is 0 Å². The molecule has 0 atom stereocenters. The van der Waals surface area contributed by atoms with E-state index < -0.39 is 0 Å². The smallest absolute Gasteiger partial charge is 0.111 e. The second-order valence-corrected chi connectivity index (χ2v) is 3.88. The maximum atomic E-state index is 5.78. The van der Waals surface area contributed by atoms with E-state index in [4.69, 9.17) is 5.73 Å². The summed E-state index contributed by atoms with van der Waals surface area (Å²) in [6.45, 7) is 0. The van der Waals surface area contributed by atoms with Gasteiger partial charge in [-0.15, -0.1) is 5.10 Å². The molecule has 2 aromatic rings. The van der Waals surface area contributed by atoms with E-state index in [1.807, 2.05) is 36.4 Å². The molecule has 16 heavy (non-hydrogen) atoms. The van der Waals surface area contributed by atoms with Crippen molar-refractivity contribution in [2.75, 3.05) is 0 Å². The van der Waals surface area contributed by atoms with E-state index in [-0.39, 0.29) is 0 Å². The number of nitrogens with zero attached hydrogens (tertiary/aromatic N) is 3. The van der Waals surface area contributed by atoms with Crippen LogP contribution in [0.15, 0.2) is 36.0 Å². The number of para-hydroxylation sites is 1. The first kappa shape index (κ1) is 9.15. The van der Waals surface area contributed by atoms with Gasteiger partial charge in [0.05, 0.1) is 11.4 Å². The van der Waals surface area contributed by atoms with Gasteiger partial charge in [-0.2, -0.15) is 9.90 Å². The number of aryl methyl sites for hydroxylation is 1. The van der Waals surface area contributed by atoms with Crippen molar-refractivity contribution >= 4 is 6.08 Å². The SMILES string of the molecule is NC1=Cc2nn(-c3ccccc3)nc2CC1. The fourth-order valence-electron chi connectivity index (χ4n) is 1.83. The van der Waals surface area contributed by atoms with Crippen LogP contribution in [0, 0.1) is 0 Å². The Hall–Kier alpha value is -2.10. The largest absolute Gasteiger partial charge is 0.402 e. The van der Waals surface area contributed by atoms with Crippen LogP contribution in [0.4, 0.5) is 0 Å². The van der Waals surface area contributed by atoms with Crippen LogP contribution in [0.25, 0.3) is 11.8 Å². The molecule has 0 saturated heterocycles. The second kappa shape index (κ2) is 3.48.